The zero-order valence-corrected chi connectivity index (χ0v) is 19.3. The summed E-state index contributed by atoms with van der Waals surface area (Å²) in [5.74, 6) is 6.19. The molecule has 4 amide bonds. The number of carbonyl (C=O) groups is 2. The van der Waals surface area contributed by atoms with Crippen molar-refractivity contribution in [2.45, 2.75) is 25.9 Å². The lowest BCUT2D eigenvalue weighted by molar-refractivity contribution is 0.147. The fraction of sp³-hybridized carbons (Fsp3) is 0.348. The molecule has 0 bridgehead atoms. The Morgan fingerprint density at radius 2 is 1.65 bits per heavy atom. The summed E-state index contributed by atoms with van der Waals surface area (Å²) in [5, 5.41) is 31.6. The first-order valence-electron chi connectivity index (χ1n) is 10.8. The van der Waals surface area contributed by atoms with Gasteiger partial charge in [0.05, 0.1) is 24.6 Å². The minimum Gasteiger partial charge on any atom is -0.477 e. The molecule has 1 heterocycles. The highest BCUT2D eigenvalue weighted by atomic mass is 16.5. The van der Waals surface area contributed by atoms with E-state index in [9.17, 15) is 9.59 Å². The van der Waals surface area contributed by atoms with Gasteiger partial charge in [-0.3, -0.25) is 5.41 Å². The van der Waals surface area contributed by atoms with Crippen molar-refractivity contribution >= 4 is 29.3 Å². The number of aliphatic hydroxyl groups excluding tert-OH is 2. The largest absolute Gasteiger partial charge is 0.477 e. The predicted octanol–water partition coefficient (Wildman–Crippen LogP) is 1.80. The molecular formula is C23H32N6O5. The number of aliphatic hydroxyl groups is 2. The van der Waals surface area contributed by atoms with E-state index in [2.05, 4.69) is 10.6 Å². The first kappa shape index (κ1) is 26.6. The highest BCUT2D eigenvalue weighted by Gasteiger charge is 2.42. The Labute approximate surface area is 198 Å². The van der Waals surface area contributed by atoms with Gasteiger partial charge in [0.15, 0.2) is 11.4 Å². The van der Waals surface area contributed by atoms with Gasteiger partial charge in [0.1, 0.15) is 5.75 Å². The van der Waals surface area contributed by atoms with E-state index in [1.165, 1.54) is 4.90 Å². The second-order valence-electron chi connectivity index (χ2n) is 7.45. The lowest BCUT2D eigenvalue weighted by Crippen LogP contribution is -2.58. The van der Waals surface area contributed by atoms with Crippen LogP contribution in [0.5, 0.6) is 5.75 Å². The van der Waals surface area contributed by atoms with Crippen LogP contribution < -0.4 is 31.1 Å². The Balaban J connectivity index is 0.000000257. The molecule has 184 valence electrons. The lowest BCUT2D eigenvalue weighted by atomic mass is 9.98. The number of amides is 4. The van der Waals surface area contributed by atoms with Crippen LogP contribution in [0.15, 0.2) is 54.6 Å². The first-order valence-corrected chi connectivity index (χ1v) is 10.8. The molecule has 0 spiro atoms. The van der Waals surface area contributed by atoms with Crippen molar-refractivity contribution in [1.29, 1.82) is 5.41 Å². The van der Waals surface area contributed by atoms with E-state index >= 15 is 0 Å². The molecule has 2 aromatic rings. The molecular weight excluding hydrogens is 440 g/mol. The average molecular weight is 473 g/mol. The second-order valence-corrected chi connectivity index (χ2v) is 7.45. The van der Waals surface area contributed by atoms with E-state index in [1.807, 2.05) is 19.1 Å². The monoisotopic (exact) mass is 472 g/mol. The summed E-state index contributed by atoms with van der Waals surface area (Å²) in [7, 11) is 0. The highest BCUT2D eigenvalue weighted by molar-refractivity contribution is 6.20. The van der Waals surface area contributed by atoms with Gasteiger partial charge in [-0.1, -0.05) is 37.3 Å². The number of hydrazine groups is 1. The van der Waals surface area contributed by atoms with Crippen LogP contribution in [0.25, 0.3) is 0 Å². The molecule has 0 saturated heterocycles. The number of urea groups is 2. The van der Waals surface area contributed by atoms with Crippen LogP contribution in [-0.2, 0) is 0 Å². The first-order chi connectivity index (χ1) is 16.3. The topological polar surface area (TPSA) is 164 Å². The SMILES string of the molecule is CCC1(C)Oc2ccccc2N(C(=O)NCCO)C1=N.NN(C(=O)NCCO)c1ccccc1. The number of rotatable bonds is 6. The molecule has 0 saturated carbocycles. The molecule has 0 fully saturated rings. The van der Waals surface area contributed by atoms with E-state index < -0.39 is 17.7 Å². The van der Waals surface area contributed by atoms with Crippen LogP contribution in [0.4, 0.5) is 21.0 Å². The van der Waals surface area contributed by atoms with Crippen molar-refractivity contribution in [3.63, 3.8) is 0 Å². The van der Waals surface area contributed by atoms with Gasteiger partial charge in [0, 0.05) is 13.1 Å². The number of amidine groups is 1. The molecule has 0 aromatic heterocycles. The minimum absolute atomic E-state index is 0.0918. The normalized spacial score (nSPS) is 16.4. The number of nitrogens with zero attached hydrogens (tertiary/aromatic N) is 2. The number of nitrogens with one attached hydrogen (secondary N) is 3. The van der Waals surface area contributed by atoms with Crippen molar-refractivity contribution in [2.75, 3.05) is 36.2 Å². The number of ether oxygens (including phenoxy) is 1. The molecule has 34 heavy (non-hydrogen) atoms. The lowest BCUT2D eigenvalue weighted by Gasteiger charge is -2.41. The Kier molecular flexibility index (Phi) is 9.80. The molecule has 0 aliphatic carbocycles. The van der Waals surface area contributed by atoms with Crippen LogP contribution >= 0.6 is 0 Å². The molecule has 2 aromatic carbocycles. The summed E-state index contributed by atoms with van der Waals surface area (Å²) >= 11 is 0. The third-order valence-corrected chi connectivity index (χ3v) is 5.07. The van der Waals surface area contributed by atoms with Gasteiger partial charge in [-0.2, -0.15) is 0 Å². The van der Waals surface area contributed by atoms with Crippen LogP contribution in [0, 0.1) is 5.41 Å². The number of nitrogens with two attached hydrogens (primary N) is 1. The quantitative estimate of drug-likeness (QED) is 0.213. The summed E-state index contributed by atoms with van der Waals surface area (Å²) < 4.78 is 5.87. The van der Waals surface area contributed by atoms with E-state index in [-0.39, 0.29) is 32.1 Å². The van der Waals surface area contributed by atoms with Crippen molar-refractivity contribution < 1.29 is 24.5 Å². The Morgan fingerprint density at radius 1 is 1.06 bits per heavy atom. The van der Waals surface area contributed by atoms with Gasteiger partial charge < -0.3 is 25.6 Å². The number of para-hydroxylation sites is 3. The predicted molar refractivity (Wildman–Crippen MR) is 130 cm³/mol. The van der Waals surface area contributed by atoms with Gasteiger partial charge >= 0.3 is 12.1 Å². The molecule has 1 atom stereocenters. The molecule has 1 unspecified atom stereocenters. The maximum atomic E-state index is 12.2. The van der Waals surface area contributed by atoms with Gasteiger partial charge in [-0.05, 0) is 37.6 Å². The number of hydrogen-bond donors (Lipinski definition) is 6. The maximum Gasteiger partial charge on any atom is 0.336 e. The average Bonchev–Trinajstić information content (AvgIpc) is 2.87. The maximum absolute atomic E-state index is 12.2. The summed E-state index contributed by atoms with van der Waals surface area (Å²) in [6.45, 7) is 3.79. The molecule has 11 heteroatoms. The molecule has 0 radical (unpaired) electrons. The Morgan fingerprint density at radius 3 is 2.26 bits per heavy atom. The standard InChI is InChI=1S/C14H19N3O3.C9H13N3O2/c1-3-14(2)12(15)17(13(19)16-8-9-18)10-6-4-5-7-11(10)20-14;10-12(9(14)11-6-7-13)8-4-2-1-3-5-8/h4-7,15,18H,3,8-9H2,1-2H3,(H,16,19);1-5,13H,6-7,10H2,(H,11,14). The summed E-state index contributed by atoms with van der Waals surface area (Å²) in [5.41, 5.74) is 0.298. The summed E-state index contributed by atoms with van der Waals surface area (Å²) in [6.07, 6.45) is 0.573. The van der Waals surface area contributed by atoms with E-state index in [1.54, 1.807) is 49.4 Å². The third-order valence-electron chi connectivity index (χ3n) is 5.07. The van der Waals surface area contributed by atoms with Gasteiger partial charge in [0.2, 0.25) is 0 Å². The number of fused-ring (bicyclic) bond motifs is 1. The molecule has 7 N–H and O–H groups in total. The van der Waals surface area contributed by atoms with Crippen molar-refractivity contribution in [1.82, 2.24) is 10.6 Å². The van der Waals surface area contributed by atoms with Crippen molar-refractivity contribution in [3.8, 4) is 5.75 Å². The van der Waals surface area contributed by atoms with Crippen LogP contribution in [0.1, 0.15) is 20.3 Å². The zero-order chi connectivity index (χ0) is 25.1. The Bertz CT molecular complexity index is 973. The van der Waals surface area contributed by atoms with Crippen LogP contribution in [0.2, 0.25) is 0 Å². The highest BCUT2D eigenvalue weighted by Crippen LogP contribution is 2.38. The number of hydrogen-bond acceptors (Lipinski definition) is 7. The molecule has 11 nitrogen and oxygen atoms in total. The van der Waals surface area contributed by atoms with Crippen molar-refractivity contribution in [3.05, 3.63) is 54.6 Å². The van der Waals surface area contributed by atoms with Gasteiger partial charge in [-0.25, -0.2) is 25.3 Å². The van der Waals surface area contributed by atoms with Gasteiger partial charge in [-0.15, -0.1) is 0 Å². The molecule has 3 rings (SSSR count). The second kappa shape index (κ2) is 12.5. The summed E-state index contributed by atoms with van der Waals surface area (Å²) in [6, 6.07) is 15.1. The van der Waals surface area contributed by atoms with Crippen LogP contribution in [-0.4, -0.2) is 60.0 Å². The molecule has 1 aliphatic rings. The third kappa shape index (κ3) is 6.44. The minimum atomic E-state index is -0.842. The van der Waals surface area contributed by atoms with E-state index in [0.717, 1.165) is 5.01 Å². The molecule has 1 aliphatic heterocycles. The smallest absolute Gasteiger partial charge is 0.336 e. The number of carbonyl (C=O) groups excluding carboxylic acids is 2. The number of benzene rings is 2. The van der Waals surface area contributed by atoms with Crippen LogP contribution in [0.3, 0.4) is 0 Å². The zero-order valence-electron chi connectivity index (χ0n) is 19.3. The fourth-order valence-corrected chi connectivity index (χ4v) is 3.02. The van der Waals surface area contributed by atoms with E-state index in [4.69, 9.17) is 26.2 Å². The van der Waals surface area contributed by atoms with E-state index in [0.29, 0.717) is 23.5 Å². The van der Waals surface area contributed by atoms with Gasteiger partial charge in [0.25, 0.3) is 0 Å². The Hall–Kier alpha value is -3.67. The van der Waals surface area contributed by atoms with Crippen molar-refractivity contribution in [2.24, 2.45) is 5.84 Å². The summed E-state index contributed by atoms with van der Waals surface area (Å²) in [4.78, 5) is 24.8. The fourth-order valence-electron chi connectivity index (χ4n) is 3.02. The number of anilines is 2.